The van der Waals surface area contributed by atoms with Gasteiger partial charge in [-0.05, 0) is 60.7 Å². The van der Waals surface area contributed by atoms with Gasteiger partial charge in [-0.1, -0.05) is 39.8 Å². The van der Waals surface area contributed by atoms with Crippen LogP contribution in [0.25, 0.3) is 17.1 Å². The molecular formula is C24H20BrN3O3S. The van der Waals surface area contributed by atoms with E-state index >= 15 is 0 Å². The number of nitrogens with zero attached hydrogens (tertiary/aromatic N) is 3. The fraction of sp³-hybridized carbons (Fsp3) is 0.125. The van der Waals surface area contributed by atoms with Gasteiger partial charge in [-0.3, -0.25) is 9.36 Å². The molecule has 0 fully saturated rings. The molecule has 0 N–H and O–H groups in total. The molecule has 0 spiro atoms. The molecule has 0 amide bonds. The minimum atomic E-state index is 0.0257. The zero-order chi connectivity index (χ0) is 22.5. The summed E-state index contributed by atoms with van der Waals surface area (Å²) in [5, 5.41) is 9.44. The number of halogens is 1. The summed E-state index contributed by atoms with van der Waals surface area (Å²) < 4.78 is 13.4. The molecule has 0 saturated heterocycles. The van der Waals surface area contributed by atoms with Crippen LogP contribution in [0.4, 0.5) is 0 Å². The van der Waals surface area contributed by atoms with Crippen molar-refractivity contribution in [3.63, 3.8) is 0 Å². The van der Waals surface area contributed by atoms with Gasteiger partial charge in [0.05, 0.1) is 20.0 Å². The van der Waals surface area contributed by atoms with Crippen LogP contribution in [0.2, 0.25) is 0 Å². The summed E-state index contributed by atoms with van der Waals surface area (Å²) in [6, 6.07) is 22.6. The lowest BCUT2D eigenvalue weighted by molar-refractivity contribution is 0.102. The maximum Gasteiger partial charge on any atom is 0.196 e. The second kappa shape index (κ2) is 10.0. The summed E-state index contributed by atoms with van der Waals surface area (Å²) in [7, 11) is 3.26. The van der Waals surface area contributed by atoms with E-state index in [0.717, 1.165) is 27.2 Å². The van der Waals surface area contributed by atoms with Crippen molar-refractivity contribution in [2.24, 2.45) is 0 Å². The van der Waals surface area contributed by atoms with Gasteiger partial charge in [-0.2, -0.15) is 0 Å². The number of benzene rings is 3. The molecule has 4 rings (SSSR count). The van der Waals surface area contributed by atoms with Gasteiger partial charge < -0.3 is 9.47 Å². The Morgan fingerprint density at radius 1 is 0.875 bits per heavy atom. The molecule has 1 aromatic heterocycles. The van der Waals surface area contributed by atoms with E-state index in [-0.39, 0.29) is 11.5 Å². The monoisotopic (exact) mass is 509 g/mol. The van der Waals surface area contributed by atoms with Crippen LogP contribution in [-0.2, 0) is 0 Å². The van der Waals surface area contributed by atoms with Crippen molar-refractivity contribution in [3.8, 4) is 28.6 Å². The first kappa shape index (κ1) is 22.1. The Morgan fingerprint density at radius 2 is 1.47 bits per heavy atom. The molecule has 4 aromatic rings. The quantitative estimate of drug-likeness (QED) is 0.224. The molecule has 162 valence electrons. The third-order valence-electron chi connectivity index (χ3n) is 4.81. The average Bonchev–Trinajstić information content (AvgIpc) is 3.27. The van der Waals surface area contributed by atoms with Crippen molar-refractivity contribution in [2.45, 2.75) is 5.16 Å². The first-order valence-electron chi connectivity index (χ1n) is 9.75. The number of aromatic nitrogens is 3. The molecule has 32 heavy (non-hydrogen) atoms. The summed E-state index contributed by atoms with van der Waals surface area (Å²) in [4.78, 5) is 12.7. The lowest BCUT2D eigenvalue weighted by atomic mass is 10.2. The summed E-state index contributed by atoms with van der Waals surface area (Å²) in [6.07, 6.45) is 0. The van der Waals surface area contributed by atoms with Crippen LogP contribution < -0.4 is 9.47 Å². The molecule has 6 nitrogen and oxygen atoms in total. The van der Waals surface area contributed by atoms with E-state index in [9.17, 15) is 4.79 Å². The predicted octanol–water partition coefficient (Wildman–Crippen LogP) is 5.69. The van der Waals surface area contributed by atoms with Crippen molar-refractivity contribution >= 4 is 33.5 Å². The highest BCUT2D eigenvalue weighted by atomic mass is 79.9. The van der Waals surface area contributed by atoms with E-state index < -0.39 is 0 Å². The first-order chi connectivity index (χ1) is 15.6. The van der Waals surface area contributed by atoms with E-state index in [1.165, 1.54) is 11.8 Å². The maximum absolute atomic E-state index is 12.7. The Balaban J connectivity index is 1.67. The Labute approximate surface area is 198 Å². The van der Waals surface area contributed by atoms with Crippen LogP contribution in [0.15, 0.2) is 82.4 Å². The standard InChI is InChI=1S/C24H20BrN3O3S/c1-30-20-11-5-17(6-12-20)23-26-27-24(28(23)19-9-13-21(31-2)14-10-19)32-15-22(29)16-3-7-18(25)8-4-16/h3-14H,15H2,1-2H3. The zero-order valence-corrected chi connectivity index (χ0v) is 19.9. The van der Waals surface area contributed by atoms with Gasteiger partial charge in [0, 0.05) is 21.3 Å². The van der Waals surface area contributed by atoms with Gasteiger partial charge in [0.15, 0.2) is 16.8 Å². The number of methoxy groups -OCH3 is 2. The van der Waals surface area contributed by atoms with E-state index in [2.05, 4.69) is 26.1 Å². The number of carbonyl (C=O) groups excluding carboxylic acids is 1. The van der Waals surface area contributed by atoms with Crippen LogP contribution in [0, 0.1) is 0 Å². The topological polar surface area (TPSA) is 66.2 Å². The number of ketones is 1. The van der Waals surface area contributed by atoms with Gasteiger partial charge in [-0.15, -0.1) is 10.2 Å². The minimum absolute atomic E-state index is 0.0257. The van der Waals surface area contributed by atoms with E-state index in [4.69, 9.17) is 9.47 Å². The van der Waals surface area contributed by atoms with Gasteiger partial charge in [-0.25, -0.2) is 0 Å². The summed E-state index contributed by atoms with van der Waals surface area (Å²) in [5.41, 5.74) is 2.42. The molecule has 0 aliphatic heterocycles. The second-order valence-electron chi connectivity index (χ2n) is 6.79. The minimum Gasteiger partial charge on any atom is -0.497 e. The largest absolute Gasteiger partial charge is 0.497 e. The maximum atomic E-state index is 12.7. The molecule has 1 heterocycles. The molecule has 0 saturated carbocycles. The zero-order valence-electron chi connectivity index (χ0n) is 17.5. The number of hydrogen-bond acceptors (Lipinski definition) is 6. The fourth-order valence-corrected chi connectivity index (χ4v) is 4.21. The summed E-state index contributed by atoms with van der Waals surface area (Å²) >= 11 is 4.75. The molecule has 0 unspecified atom stereocenters. The highest BCUT2D eigenvalue weighted by molar-refractivity contribution is 9.10. The van der Waals surface area contributed by atoms with E-state index in [1.54, 1.807) is 14.2 Å². The van der Waals surface area contributed by atoms with Crippen molar-refractivity contribution in [1.29, 1.82) is 0 Å². The first-order valence-corrected chi connectivity index (χ1v) is 11.5. The number of Topliss-reactive ketones (excluding diaryl/α,β-unsaturated/α-hetero) is 1. The van der Waals surface area contributed by atoms with Gasteiger partial charge in [0.1, 0.15) is 11.5 Å². The van der Waals surface area contributed by atoms with Crippen LogP contribution in [-0.4, -0.2) is 40.5 Å². The molecule has 0 aliphatic carbocycles. The van der Waals surface area contributed by atoms with Crippen LogP contribution in [0.5, 0.6) is 11.5 Å². The van der Waals surface area contributed by atoms with Gasteiger partial charge in [0.2, 0.25) is 0 Å². The number of ether oxygens (including phenoxy) is 2. The Kier molecular flexibility index (Phi) is 6.92. The molecule has 0 aliphatic rings. The molecule has 8 heteroatoms. The highest BCUT2D eigenvalue weighted by Crippen LogP contribution is 2.30. The smallest absolute Gasteiger partial charge is 0.196 e. The average molecular weight is 510 g/mol. The third kappa shape index (κ3) is 4.87. The van der Waals surface area contributed by atoms with Crippen LogP contribution >= 0.6 is 27.7 Å². The molecule has 0 atom stereocenters. The van der Waals surface area contributed by atoms with Crippen molar-refractivity contribution in [3.05, 3.63) is 82.8 Å². The van der Waals surface area contributed by atoms with E-state index in [0.29, 0.717) is 16.5 Å². The molecular weight excluding hydrogens is 490 g/mol. The Hall–Kier alpha value is -3.10. The lowest BCUT2D eigenvalue weighted by Crippen LogP contribution is -2.05. The van der Waals surface area contributed by atoms with Crippen molar-refractivity contribution in [2.75, 3.05) is 20.0 Å². The SMILES string of the molecule is COc1ccc(-c2nnc(SCC(=O)c3ccc(Br)cc3)n2-c2ccc(OC)cc2)cc1. The van der Waals surface area contributed by atoms with E-state index in [1.807, 2.05) is 77.4 Å². The summed E-state index contributed by atoms with van der Waals surface area (Å²) in [6.45, 7) is 0. The molecule has 0 bridgehead atoms. The van der Waals surface area contributed by atoms with Crippen molar-refractivity contribution in [1.82, 2.24) is 14.8 Å². The number of rotatable bonds is 8. The number of hydrogen-bond donors (Lipinski definition) is 0. The second-order valence-corrected chi connectivity index (χ2v) is 8.65. The predicted molar refractivity (Wildman–Crippen MR) is 129 cm³/mol. The Morgan fingerprint density at radius 3 is 2.06 bits per heavy atom. The normalized spacial score (nSPS) is 10.7. The van der Waals surface area contributed by atoms with Crippen molar-refractivity contribution < 1.29 is 14.3 Å². The number of carbonyl (C=O) groups is 1. The van der Waals surface area contributed by atoms with Crippen LogP contribution in [0.1, 0.15) is 10.4 Å². The molecule has 3 aromatic carbocycles. The molecule has 0 radical (unpaired) electrons. The lowest BCUT2D eigenvalue weighted by Gasteiger charge is -2.11. The fourth-order valence-electron chi connectivity index (χ4n) is 3.10. The van der Waals surface area contributed by atoms with Crippen LogP contribution in [0.3, 0.4) is 0 Å². The highest BCUT2D eigenvalue weighted by Gasteiger charge is 2.18. The number of thioether (sulfide) groups is 1. The Bertz CT molecular complexity index is 1210. The summed E-state index contributed by atoms with van der Waals surface area (Å²) in [5.74, 6) is 2.47. The van der Waals surface area contributed by atoms with Gasteiger partial charge >= 0.3 is 0 Å². The third-order valence-corrected chi connectivity index (χ3v) is 6.27. The van der Waals surface area contributed by atoms with Gasteiger partial charge in [0.25, 0.3) is 0 Å².